The summed E-state index contributed by atoms with van der Waals surface area (Å²) < 4.78 is 16.1. The summed E-state index contributed by atoms with van der Waals surface area (Å²) in [6, 6.07) is 3.86. The summed E-state index contributed by atoms with van der Waals surface area (Å²) in [4.78, 5) is 31.6. The summed E-state index contributed by atoms with van der Waals surface area (Å²) in [6.07, 6.45) is 2.31. The van der Waals surface area contributed by atoms with E-state index in [4.69, 9.17) is 14.2 Å². The molecule has 0 saturated carbocycles. The Bertz CT molecular complexity index is 742. The van der Waals surface area contributed by atoms with Crippen LogP contribution >= 0.6 is 0 Å². The fourth-order valence-corrected chi connectivity index (χ4v) is 4.18. The number of anilines is 1. The first-order chi connectivity index (χ1) is 13.9. The van der Waals surface area contributed by atoms with Crippen LogP contribution in [0.15, 0.2) is 12.1 Å². The zero-order chi connectivity index (χ0) is 21.1. The number of piperidine rings is 1. The van der Waals surface area contributed by atoms with Crippen molar-refractivity contribution in [1.29, 1.82) is 0 Å². The maximum atomic E-state index is 13.1. The summed E-state index contributed by atoms with van der Waals surface area (Å²) in [7, 11) is 8.71. The Morgan fingerprint density at radius 3 is 2.28 bits per heavy atom. The molecule has 2 unspecified atom stereocenters. The SMILES string of the molecule is COc1cc(N2CC(C(=O)N3CCCC(N(C)C)C3)CC2=O)cc(OC)c1OC. The molecule has 0 N–H and O–H groups in total. The van der Waals surface area contributed by atoms with Crippen LogP contribution in [-0.2, 0) is 9.59 Å². The Hall–Kier alpha value is -2.48. The maximum absolute atomic E-state index is 13.1. The molecule has 160 valence electrons. The number of hydrogen-bond donors (Lipinski definition) is 0. The maximum Gasteiger partial charge on any atom is 0.228 e. The molecule has 8 heteroatoms. The van der Waals surface area contributed by atoms with Crippen molar-refractivity contribution >= 4 is 17.5 Å². The second kappa shape index (κ2) is 8.90. The molecule has 2 fully saturated rings. The third-order valence-corrected chi connectivity index (χ3v) is 5.87. The largest absolute Gasteiger partial charge is 0.493 e. The molecule has 2 saturated heterocycles. The highest BCUT2D eigenvalue weighted by Crippen LogP contribution is 2.42. The Morgan fingerprint density at radius 1 is 1.07 bits per heavy atom. The van der Waals surface area contributed by atoms with Crippen molar-refractivity contribution in [2.75, 3.05) is 60.0 Å². The van der Waals surface area contributed by atoms with Gasteiger partial charge in [-0.25, -0.2) is 0 Å². The van der Waals surface area contributed by atoms with Gasteiger partial charge in [0.2, 0.25) is 17.6 Å². The predicted octanol–water partition coefficient (Wildman–Crippen LogP) is 1.62. The first kappa shape index (κ1) is 21.2. The third kappa shape index (κ3) is 4.27. The van der Waals surface area contributed by atoms with Gasteiger partial charge in [-0.2, -0.15) is 0 Å². The number of likely N-dealkylation sites (tertiary alicyclic amines) is 1. The Balaban J connectivity index is 1.77. The van der Waals surface area contributed by atoms with Crippen molar-refractivity contribution in [3.63, 3.8) is 0 Å². The Kier molecular flexibility index (Phi) is 6.52. The first-order valence-corrected chi connectivity index (χ1v) is 9.95. The molecular weight excluding hydrogens is 374 g/mol. The van der Waals surface area contributed by atoms with Crippen LogP contribution in [0.4, 0.5) is 5.69 Å². The number of rotatable bonds is 6. The number of likely N-dealkylation sites (N-methyl/N-ethyl adjacent to an activating group) is 1. The van der Waals surface area contributed by atoms with Crippen molar-refractivity contribution < 1.29 is 23.8 Å². The van der Waals surface area contributed by atoms with E-state index in [1.165, 1.54) is 21.3 Å². The molecule has 2 amide bonds. The van der Waals surface area contributed by atoms with Gasteiger partial charge in [0.05, 0.1) is 32.9 Å². The van der Waals surface area contributed by atoms with Gasteiger partial charge in [0, 0.05) is 44.2 Å². The third-order valence-electron chi connectivity index (χ3n) is 5.87. The molecule has 3 rings (SSSR count). The number of benzene rings is 1. The summed E-state index contributed by atoms with van der Waals surface area (Å²) in [6.45, 7) is 1.85. The van der Waals surface area contributed by atoms with E-state index in [1.54, 1.807) is 17.0 Å². The molecule has 0 aromatic heterocycles. The zero-order valence-electron chi connectivity index (χ0n) is 17.9. The van der Waals surface area contributed by atoms with Crippen LogP contribution in [-0.4, -0.2) is 82.7 Å². The lowest BCUT2D eigenvalue weighted by molar-refractivity contribution is -0.137. The van der Waals surface area contributed by atoms with Crippen LogP contribution in [0, 0.1) is 5.92 Å². The Labute approximate surface area is 172 Å². The Morgan fingerprint density at radius 2 is 1.72 bits per heavy atom. The quantitative estimate of drug-likeness (QED) is 0.716. The van der Waals surface area contributed by atoms with Crippen LogP contribution in [0.1, 0.15) is 19.3 Å². The molecular formula is C21H31N3O5. The van der Waals surface area contributed by atoms with Gasteiger partial charge in [-0.3, -0.25) is 9.59 Å². The molecule has 2 atom stereocenters. The van der Waals surface area contributed by atoms with E-state index in [0.717, 1.165) is 25.9 Å². The molecule has 0 radical (unpaired) electrons. The summed E-state index contributed by atoms with van der Waals surface area (Å²) in [5, 5.41) is 0. The lowest BCUT2D eigenvalue weighted by atomic mass is 10.0. The fourth-order valence-electron chi connectivity index (χ4n) is 4.18. The van der Waals surface area contributed by atoms with E-state index in [-0.39, 0.29) is 24.2 Å². The van der Waals surface area contributed by atoms with Gasteiger partial charge in [-0.05, 0) is 26.9 Å². The number of nitrogens with zero attached hydrogens (tertiary/aromatic N) is 3. The summed E-state index contributed by atoms with van der Waals surface area (Å²) in [5.74, 6) is 1.10. The minimum Gasteiger partial charge on any atom is -0.493 e. The van der Waals surface area contributed by atoms with E-state index in [9.17, 15) is 9.59 Å². The van der Waals surface area contributed by atoms with E-state index in [1.807, 2.05) is 19.0 Å². The van der Waals surface area contributed by atoms with Crippen LogP contribution in [0.5, 0.6) is 17.2 Å². The molecule has 29 heavy (non-hydrogen) atoms. The van der Waals surface area contributed by atoms with Gasteiger partial charge in [0.15, 0.2) is 11.5 Å². The number of methoxy groups -OCH3 is 3. The van der Waals surface area contributed by atoms with Crippen LogP contribution in [0.2, 0.25) is 0 Å². The number of amides is 2. The van der Waals surface area contributed by atoms with Gasteiger partial charge < -0.3 is 28.9 Å². The summed E-state index contributed by atoms with van der Waals surface area (Å²) >= 11 is 0. The molecule has 2 heterocycles. The number of ether oxygens (including phenoxy) is 3. The smallest absolute Gasteiger partial charge is 0.228 e. The lowest BCUT2D eigenvalue weighted by Gasteiger charge is -2.37. The van der Waals surface area contributed by atoms with E-state index >= 15 is 0 Å². The molecule has 0 aliphatic carbocycles. The lowest BCUT2D eigenvalue weighted by Crippen LogP contribution is -2.49. The number of hydrogen-bond acceptors (Lipinski definition) is 6. The van der Waals surface area contributed by atoms with Crippen LogP contribution in [0.25, 0.3) is 0 Å². The van der Waals surface area contributed by atoms with Crippen molar-refractivity contribution in [3.8, 4) is 17.2 Å². The molecule has 1 aromatic carbocycles. The van der Waals surface area contributed by atoms with Gasteiger partial charge in [0.1, 0.15) is 0 Å². The standard InChI is InChI=1S/C21H31N3O5/c1-22(2)15-7-6-8-23(13-15)21(26)14-9-19(25)24(12-14)16-10-17(27-3)20(29-5)18(11-16)28-4/h10-11,14-15H,6-9,12-13H2,1-5H3. The minimum absolute atomic E-state index is 0.0693. The van der Waals surface area contributed by atoms with E-state index in [0.29, 0.717) is 35.5 Å². The summed E-state index contributed by atoms with van der Waals surface area (Å²) in [5.41, 5.74) is 0.643. The highest BCUT2D eigenvalue weighted by Gasteiger charge is 2.39. The predicted molar refractivity (Wildman–Crippen MR) is 110 cm³/mol. The van der Waals surface area contributed by atoms with Crippen molar-refractivity contribution in [3.05, 3.63) is 12.1 Å². The molecule has 2 aliphatic heterocycles. The van der Waals surface area contributed by atoms with Gasteiger partial charge in [-0.1, -0.05) is 0 Å². The topological polar surface area (TPSA) is 71.6 Å². The van der Waals surface area contributed by atoms with Crippen LogP contribution in [0.3, 0.4) is 0 Å². The first-order valence-electron chi connectivity index (χ1n) is 9.95. The van der Waals surface area contributed by atoms with E-state index < -0.39 is 0 Å². The zero-order valence-corrected chi connectivity index (χ0v) is 17.9. The molecule has 0 spiro atoms. The van der Waals surface area contributed by atoms with Crippen molar-refractivity contribution in [2.45, 2.75) is 25.3 Å². The van der Waals surface area contributed by atoms with Crippen molar-refractivity contribution in [1.82, 2.24) is 9.80 Å². The number of carbonyl (C=O) groups excluding carboxylic acids is 2. The van der Waals surface area contributed by atoms with Crippen molar-refractivity contribution in [2.24, 2.45) is 5.92 Å². The highest BCUT2D eigenvalue weighted by atomic mass is 16.5. The second-order valence-corrected chi connectivity index (χ2v) is 7.83. The highest BCUT2D eigenvalue weighted by molar-refractivity contribution is 6.00. The monoisotopic (exact) mass is 405 g/mol. The van der Waals surface area contributed by atoms with Gasteiger partial charge in [0.25, 0.3) is 0 Å². The average Bonchev–Trinajstić information content (AvgIpc) is 3.13. The van der Waals surface area contributed by atoms with Gasteiger partial charge >= 0.3 is 0 Å². The fraction of sp³-hybridized carbons (Fsp3) is 0.619. The second-order valence-electron chi connectivity index (χ2n) is 7.83. The van der Waals surface area contributed by atoms with Crippen LogP contribution < -0.4 is 19.1 Å². The normalized spacial score (nSPS) is 22.2. The van der Waals surface area contributed by atoms with E-state index in [2.05, 4.69) is 4.90 Å². The molecule has 1 aromatic rings. The van der Waals surface area contributed by atoms with Gasteiger partial charge in [-0.15, -0.1) is 0 Å². The molecule has 2 aliphatic rings. The molecule has 0 bridgehead atoms. The molecule has 8 nitrogen and oxygen atoms in total. The number of carbonyl (C=O) groups is 2. The average molecular weight is 405 g/mol. The minimum atomic E-state index is -0.331.